The first kappa shape index (κ1) is 19.6. The molecule has 0 bridgehead atoms. The predicted molar refractivity (Wildman–Crippen MR) is 93.0 cm³/mol. The first-order valence-electron chi connectivity index (χ1n) is 8.36. The topological polar surface area (TPSA) is 64.7 Å². The third kappa shape index (κ3) is 4.21. The molecule has 0 aliphatic heterocycles. The van der Waals surface area contributed by atoms with Crippen molar-refractivity contribution in [3.63, 3.8) is 0 Å². The van der Waals surface area contributed by atoms with Gasteiger partial charge in [0.15, 0.2) is 11.5 Å². The summed E-state index contributed by atoms with van der Waals surface area (Å²) in [5.74, 6) is -0.739. The molecule has 0 saturated heterocycles. The van der Waals surface area contributed by atoms with Gasteiger partial charge in [0.2, 0.25) is 5.91 Å². The minimum absolute atomic E-state index is 0.172. The standard InChI is InChI=1S/C18H17F4N5O/c1-11-9-15(18(20,21)22)24-27(11)12(2)17(28)23-16-7-8-26(25-16)10-13-5-3-4-6-14(13)19/h3-9,12H,10H2,1-2H3,(H,23,25,28)/t12-/m0/s1. The second kappa shape index (κ2) is 7.45. The molecule has 6 nitrogen and oxygen atoms in total. The summed E-state index contributed by atoms with van der Waals surface area (Å²) >= 11 is 0. The molecule has 1 aromatic carbocycles. The van der Waals surface area contributed by atoms with E-state index in [2.05, 4.69) is 15.5 Å². The van der Waals surface area contributed by atoms with Crippen LogP contribution in [0.25, 0.3) is 0 Å². The van der Waals surface area contributed by atoms with Crippen LogP contribution < -0.4 is 5.32 Å². The molecule has 28 heavy (non-hydrogen) atoms. The van der Waals surface area contributed by atoms with E-state index in [1.54, 1.807) is 24.4 Å². The molecule has 0 radical (unpaired) electrons. The maximum Gasteiger partial charge on any atom is 0.435 e. The van der Waals surface area contributed by atoms with Crippen LogP contribution in [-0.2, 0) is 17.5 Å². The normalized spacial score (nSPS) is 12.8. The van der Waals surface area contributed by atoms with E-state index in [0.29, 0.717) is 5.56 Å². The first-order chi connectivity index (χ1) is 13.1. The average Bonchev–Trinajstić information content (AvgIpc) is 3.22. The van der Waals surface area contributed by atoms with Crippen LogP contribution in [0.3, 0.4) is 0 Å². The molecule has 3 rings (SSSR count). The van der Waals surface area contributed by atoms with Gasteiger partial charge in [0, 0.05) is 23.5 Å². The molecule has 3 aromatic rings. The number of amides is 1. The van der Waals surface area contributed by atoms with Crippen molar-refractivity contribution in [2.45, 2.75) is 32.6 Å². The lowest BCUT2D eigenvalue weighted by Crippen LogP contribution is -2.26. The molecule has 10 heteroatoms. The van der Waals surface area contributed by atoms with E-state index in [-0.39, 0.29) is 23.9 Å². The van der Waals surface area contributed by atoms with E-state index in [0.717, 1.165) is 10.7 Å². The molecular weight excluding hydrogens is 378 g/mol. The van der Waals surface area contributed by atoms with Gasteiger partial charge in [-0.15, -0.1) is 0 Å². The van der Waals surface area contributed by atoms with Crippen LogP contribution in [0.2, 0.25) is 0 Å². The summed E-state index contributed by atoms with van der Waals surface area (Å²) in [4.78, 5) is 12.4. The van der Waals surface area contributed by atoms with Gasteiger partial charge >= 0.3 is 6.18 Å². The SMILES string of the molecule is Cc1cc(C(F)(F)F)nn1[C@@H](C)C(=O)Nc1ccn(Cc2ccccc2F)n1. The number of hydrogen-bond acceptors (Lipinski definition) is 3. The summed E-state index contributed by atoms with van der Waals surface area (Å²) in [5, 5.41) is 10.1. The molecule has 0 spiro atoms. The van der Waals surface area contributed by atoms with Crippen molar-refractivity contribution >= 4 is 11.7 Å². The molecule has 0 fully saturated rings. The van der Waals surface area contributed by atoms with Crippen LogP contribution in [-0.4, -0.2) is 25.5 Å². The fraction of sp³-hybridized carbons (Fsp3) is 0.278. The van der Waals surface area contributed by atoms with Crippen LogP contribution in [0, 0.1) is 12.7 Å². The van der Waals surface area contributed by atoms with Crippen molar-refractivity contribution < 1.29 is 22.4 Å². The van der Waals surface area contributed by atoms with Gasteiger partial charge in [0.25, 0.3) is 0 Å². The minimum atomic E-state index is -4.59. The quantitative estimate of drug-likeness (QED) is 0.669. The van der Waals surface area contributed by atoms with Gasteiger partial charge in [-0.05, 0) is 26.0 Å². The van der Waals surface area contributed by atoms with Gasteiger partial charge in [0.05, 0.1) is 6.54 Å². The third-order valence-corrected chi connectivity index (χ3v) is 4.14. The number of rotatable bonds is 5. The van der Waals surface area contributed by atoms with E-state index < -0.39 is 23.8 Å². The van der Waals surface area contributed by atoms with Gasteiger partial charge in [-0.1, -0.05) is 18.2 Å². The van der Waals surface area contributed by atoms with Crippen LogP contribution in [0.4, 0.5) is 23.4 Å². The predicted octanol–water partition coefficient (Wildman–Crippen LogP) is 3.79. The number of aryl methyl sites for hydroxylation is 1. The van der Waals surface area contributed by atoms with Gasteiger partial charge in [-0.2, -0.15) is 23.4 Å². The Labute approximate surface area is 157 Å². The van der Waals surface area contributed by atoms with Gasteiger partial charge in [-0.3, -0.25) is 14.2 Å². The van der Waals surface area contributed by atoms with Crippen molar-refractivity contribution in [1.82, 2.24) is 19.6 Å². The van der Waals surface area contributed by atoms with Gasteiger partial charge in [0.1, 0.15) is 11.9 Å². The summed E-state index contributed by atoms with van der Waals surface area (Å²) < 4.78 is 54.5. The lowest BCUT2D eigenvalue weighted by molar-refractivity contribution is -0.141. The fourth-order valence-electron chi connectivity index (χ4n) is 2.68. The molecule has 0 unspecified atom stereocenters. The smallest absolute Gasteiger partial charge is 0.307 e. The number of halogens is 4. The molecule has 148 valence electrons. The molecule has 1 atom stereocenters. The Morgan fingerprint density at radius 1 is 1.21 bits per heavy atom. The van der Waals surface area contributed by atoms with Crippen LogP contribution >= 0.6 is 0 Å². The number of nitrogens with zero attached hydrogens (tertiary/aromatic N) is 4. The van der Waals surface area contributed by atoms with E-state index in [9.17, 15) is 22.4 Å². The Morgan fingerprint density at radius 2 is 1.93 bits per heavy atom. The van der Waals surface area contributed by atoms with Crippen molar-refractivity contribution in [2.75, 3.05) is 5.32 Å². The number of benzene rings is 1. The lowest BCUT2D eigenvalue weighted by atomic mass is 10.2. The van der Waals surface area contributed by atoms with Gasteiger partial charge < -0.3 is 5.32 Å². The fourth-order valence-corrected chi connectivity index (χ4v) is 2.68. The Kier molecular flexibility index (Phi) is 5.21. The number of aromatic nitrogens is 4. The minimum Gasteiger partial charge on any atom is -0.307 e. The zero-order valence-corrected chi connectivity index (χ0v) is 15.0. The second-order valence-electron chi connectivity index (χ2n) is 6.27. The number of carbonyl (C=O) groups excluding carboxylic acids is 1. The number of nitrogens with one attached hydrogen (secondary N) is 1. The van der Waals surface area contributed by atoms with Crippen LogP contribution in [0.15, 0.2) is 42.6 Å². The van der Waals surface area contributed by atoms with Crippen molar-refractivity contribution in [2.24, 2.45) is 0 Å². The molecule has 0 aliphatic carbocycles. The molecule has 2 heterocycles. The Balaban J connectivity index is 1.69. The summed E-state index contributed by atoms with van der Waals surface area (Å²) in [6.45, 7) is 3.05. The zero-order chi connectivity index (χ0) is 20.5. The van der Waals surface area contributed by atoms with E-state index in [4.69, 9.17) is 0 Å². The van der Waals surface area contributed by atoms with E-state index in [1.165, 1.54) is 30.7 Å². The second-order valence-corrected chi connectivity index (χ2v) is 6.27. The Bertz CT molecular complexity index is 992. The monoisotopic (exact) mass is 395 g/mol. The maximum atomic E-state index is 13.7. The zero-order valence-electron chi connectivity index (χ0n) is 15.0. The highest BCUT2D eigenvalue weighted by Crippen LogP contribution is 2.29. The highest BCUT2D eigenvalue weighted by molar-refractivity contribution is 5.92. The summed E-state index contributed by atoms with van der Waals surface area (Å²) in [5.41, 5.74) is -0.414. The highest BCUT2D eigenvalue weighted by atomic mass is 19.4. The number of hydrogen-bond donors (Lipinski definition) is 1. The largest absolute Gasteiger partial charge is 0.435 e. The summed E-state index contributed by atoms with van der Waals surface area (Å²) in [6, 6.07) is 7.66. The summed E-state index contributed by atoms with van der Waals surface area (Å²) in [6.07, 6.45) is -3.02. The number of alkyl halides is 3. The molecule has 1 N–H and O–H groups in total. The highest BCUT2D eigenvalue weighted by Gasteiger charge is 2.35. The van der Waals surface area contributed by atoms with Crippen molar-refractivity contribution in [3.05, 3.63) is 65.4 Å². The maximum absolute atomic E-state index is 13.7. The Morgan fingerprint density at radius 3 is 2.57 bits per heavy atom. The van der Waals surface area contributed by atoms with Crippen LogP contribution in [0.5, 0.6) is 0 Å². The number of carbonyl (C=O) groups is 1. The molecule has 0 saturated carbocycles. The molecule has 2 aromatic heterocycles. The van der Waals surface area contributed by atoms with E-state index >= 15 is 0 Å². The third-order valence-electron chi connectivity index (χ3n) is 4.14. The number of anilines is 1. The van der Waals surface area contributed by atoms with Crippen molar-refractivity contribution in [1.29, 1.82) is 0 Å². The molecular formula is C18H17F4N5O. The average molecular weight is 395 g/mol. The van der Waals surface area contributed by atoms with E-state index in [1.807, 2.05) is 0 Å². The summed E-state index contributed by atoms with van der Waals surface area (Å²) in [7, 11) is 0. The van der Waals surface area contributed by atoms with Crippen molar-refractivity contribution in [3.8, 4) is 0 Å². The molecule has 1 amide bonds. The molecule has 0 aliphatic rings. The van der Waals surface area contributed by atoms with Crippen LogP contribution in [0.1, 0.15) is 29.9 Å². The Hall–Kier alpha value is -3.17. The lowest BCUT2D eigenvalue weighted by Gasteiger charge is -2.13. The van der Waals surface area contributed by atoms with Gasteiger partial charge in [-0.25, -0.2) is 4.39 Å². The first-order valence-corrected chi connectivity index (χ1v) is 8.36.